The second kappa shape index (κ2) is 6.55. The Morgan fingerprint density at radius 3 is 2.76 bits per heavy atom. The van der Waals surface area contributed by atoms with E-state index in [9.17, 15) is 0 Å². The molecular formula is C18H21N3. The molecule has 0 spiro atoms. The van der Waals surface area contributed by atoms with Crippen molar-refractivity contribution in [3.05, 3.63) is 66.1 Å². The number of aryl methyl sites for hydroxylation is 2. The van der Waals surface area contributed by atoms with Gasteiger partial charge in [-0.25, -0.2) is 0 Å². The Labute approximate surface area is 125 Å². The summed E-state index contributed by atoms with van der Waals surface area (Å²) in [5, 5.41) is 4.76. The first-order valence-corrected chi connectivity index (χ1v) is 7.55. The molecule has 21 heavy (non-hydrogen) atoms. The summed E-state index contributed by atoms with van der Waals surface area (Å²) in [7, 11) is 0. The molecule has 0 fully saturated rings. The number of hydrogen-bond donors (Lipinski definition) is 1. The van der Waals surface area contributed by atoms with Crippen LogP contribution in [0.4, 0.5) is 0 Å². The first kappa shape index (κ1) is 13.8. The Morgan fingerprint density at radius 2 is 1.95 bits per heavy atom. The van der Waals surface area contributed by atoms with Crippen molar-refractivity contribution in [2.45, 2.75) is 26.4 Å². The molecule has 0 atom stereocenters. The maximum absolute atomic E-state index is 4.07. The Morgan fingerprint density at radius 1 is 1.10 bits per heavy atom. The molecule has 0 aliphatic rings. The van der Waals surface area contributed by atoms with Crippen LogP contribution >= 0.6 is 0 Å². The van der Waals surface area contributed by atoms with Crippen LogP contribution in [-0.4, -0.2) is 16.1 Å². The molecular weight excluding hydrogens is 258 g/mol. The molecule has 0 saturated carbocycles. The number of aromatic nitrogens is 2. The van der Waals surface area contributed by atoms with Gasteiger partial charge in [0.15, 0.2) is 0 Å². The van der Waals surface area contributed by atoms with Gasteiger partial charge in [0.1, 0.15) is 0 Å². The Bertz CT molecular complexity index is 701. The van der Waals surface area contributed by atoms with Gasteiger partial charge in [-0.15, -0.1) is 0 Å². The smallest absolute Gasteiger partial charge is 0.0483 e. The van der Waals surface area contributed by atoms with E-state index in [1.54, 1.807) is 0 Å². The predicted octanol–water partition coefficient (Wildman–Crippen LogP) is 3.39. The summed E-state index contributed by atoms with van der Waals surface area (Å²) in [5.41, 5.74) is 4.02. The van der Waals surface area contributed by atoms with Crippen molar-refractivity contribution >= 4 is 10.9 Å². The van der Waals surface area contributed by atoms with Gasteiger partial charge in [0.05, 0.1) is 0 Å². The van der Waals surface area contributed by atoms with Crippen LogP contribution in [0.2, 0.25) is 0 Å². The van der Waals surface area contributed by atoms with Gasteiger partial charge in [0.25, 0.3) is 0 Å². The highest BCUT2D eigenvalue weighted by molar-refractivity contribution is 5.83. The van der Waals surface area contributed by atoms with Crippen LogP contribution in [0.25, 0.3) is 10.9 Å². The molecule has 3 aromatic rings. The second-order valence-corrected chi connectivity index (χ2v) is 5.24. The van der Waals surface area contributed by atoms with E-state index >= 15 is 0 Å². The molecule has 3 heteroatoms. The summed E-state index contributed by atoms with van der Waals surface area (Å²) in [5.74, 6) is 0. The normalized spacial score (nSPS) is 11.1. The quantitative estimate of drug-likeness (QED) is 0.749. The van der Waals surface area contributed by atoms with E-state index in [2.05, 4.69) is 64.4 Å². The minimum absolute atomic E-state index is 0.933. The van der Waals surface area contributed by atoms with Crippen molar-refractivity contribution in [1.82, 2.24) is 14.9 Å². The largest absolute Gasteiger partial charge is 0.347 e. The van der Waals surface area contributed by atoms with Gasteiger partial charge in [0, 0.05) is 42.6 Å². The zero-order valence-corrected chi connectivity index (χ0v) is 12.4. The van der Waals surface area contributed by atoms with Crippen LogP contribution in [0.15, 0.2) is 55.0 Å². The van der Waals surface area contributed by atoms with Crippen LogP contribution < -0.4 is 5.32 Å². The molecule has 2 heterocycles. The molecule has 3 nitrogen and oxygen atoms in total. The molecule has 0 saturated heterocycles. The second-order valence-electron chi connectivity index (χ2n) is 5.24. The van der Waals surface area contributed by atoms with E-state index in [0.29, 0.717) is 0 Å². The van der Waals surface area contributed by atoms with E-state index in [1.165, 1.54) is 22.0 Å². The van der Waals surface area contributed by atoms with Gasteiger partial charge < -0.3 is 9.88 Å². The Hall–Kier alpha value is -2.13. The topological polar surface area (TPSA) is 29.9 Å². The van der Waals surface area contributed by atoms with Crippen molar-refractivity contribution in [2.75, 3.05) is 6.54 Å². The Balaban J connectivity index is 1.80. The summed E-state index contributed by atoms with van der Waals surface area (Å²) >= 11 is 0. The lowest BCUT2D eigenvalue weighted by Gasteiger charge is -2.08. The summed E-state index contributed by atoms with van der Waals surface area (Å²) in [4.78, 5) is 4.07. The SMILES string of the molecule is CCNCc1cccc2c1ccn2CCc1ccncc1. The standard InChI is InChI=1S/C18H21N3/c1-2-19-14-16-4-3-5-18-17(16)9-13-21(18)12-8-15-6-10-20-11-7-15/h3-7,9-11,13,19H,2,8,12,14H2,1H3. The van der Waals surface area contributed by atoms with E-state index in [4.69, 9.17) is 0 Å². The Kier molecular flexibility index (Phi) is 4.31. The van der Waals surface area contributed by atoms with E-state index in [-0.39, 0.29) is 0 Å². The average Bonchev–Trinajstić information content (AvgIpc) is 2.96. The lowest BCUT2D eigenvalue weighted by Crippen LogP contribution is -2.11. The van der Waals surface area contributed by atoms with Gasteiger partial charge in [-0.3, -0.25) is 4.98 Å². The molecule has 0 bridgehead atoms. The monoisotopic (exact) mass is 279 g/mol. The molecule has 1 aromatic carbocycles. The summed E-state index contributed by atoms with van der Waals surface area (Å²) in [6, 6.07) is 13.0. The summed E-state index contributed by atoms with van der Waals surface area (Å²) in [6.07, 6.45) is 6.94. The molecule has 2 aromatic heterocycles. The molecule has 0 amide bonds. The minimum Gasteiger partial charge on any atom is -0.347 e. The van der Waals surface area contributed by atoms with Crippen molar-refractivity contribution < 1.29 is 0 Å². The zero-order chi connectivity index (χ0) is 14.5. The number of rotatable bonds is 6. The maximum Gasteiger partial charge on any atom is 0.0483 e. The van der Waals surface area contributed by atoms with Gasteiger partial charge in [-0.2, -0.15) is 0 Å². The third-order valence-electron chi connectivity index (χ3n) is 3.86. The van der Waals surface area contributed by atoms with Crippen LogP contribution in [0, 0.1) is 0 Å². The highest BCUT2D eigenvalue weighted by Gasteiger charge is 2.05. The molecule has 0 unspecified atom stereocenters. The van der Waals surface area contributed by atoms with Crippen molar-refractivity contribution in [1.29, 1.82) is 0 Å². The fraction of sp³-hybridized carbons (Fsp3) is 0.278. The van der Waals surface area contributed by atoms with Gasteiger partial charge in [0.2, 0.25) is 0 Å². The van der Waals surface area contributed by atoms with E-state index < -0.39 is 0 Å². The highest BCUT2D eigenvalue weighted by atomic mass is 14.9. The molecule has 0 radical (unpaired) electrons. The zero-order valence-electron chi connectivity index (χ0n) is 12.4. The number of nitrogens with one attached hydrogen (secondary N) is 1. The molecule has 3 rings (SSSR count). The number of pyridine rings is 1. The lowest BCUT2D eigenvalue weighted by molar-refractivity contribution is 0.720. The van der Waals surface area contributed by atoms with Crippen LogP contribution in [-0.2, 0) is 19.5 Å². The summed E-state index contributed by atoms with van der Waals surface area (Å²) < 4.78 is 2.34. The average molecular weight is 279 g/mol. The molecule has 108 valence electrons. The van der Waals surface area contributed by atoms with E-state index in [0.717, 1.165) is 26.1 Å². The first-order chi connectivity index (χ1) is 10.4. The molecule has 0 aliphatic carbocycles. The van der Waals surface area contributed by atoms with Crippen LogP contribution in [0.1, 0.15) is 18.1 Å². The van der Waals surface area contributed by atoms with Crippen molar-refractivity contribution in [3.63, 3.8) is 0 Å². The highest BCUT2D eigenvalue weighted by Crippen LogP contribution is 2.20. The van der Waals surface area contributed by atoms with Crippen LogP contribution in [0.5, 0.6) is 0 Å². The van der Waals surface area contributed by atoms with Crippen LogP contribution in [0.3, 0.4) is 0 Å². The fourth-order valence-corrected chi connectivity index (χ4v) is 2.69. The number of benzene rings is 1. The fourth-order valence-electron chi connectivity index (χ4n) is 2.69. The number of hydrogen-bond acceptors (Lipinski definition) is 2. The lowest BCUT2D eigenvalue weighted by atomic mass is 10.1. The third kappa shape index (κ3) is 3.14. The van der Waals surface area contributed by atoms with Gasteiger partial charge >= 0.3 is 0 Å². The number of fused-ring (bicyclic) bond motifs is 1. The van der Waals surface area contributed by atoms with Gasteiger partial charge in [-0.05, 0) is 48.4 Å². The summed E-state index contributed by atoms with van der Waals surface area (Å²) in [6.45, 7) is 5.07. The third-order valence-corrected chi connectivity index (χ3v) is 3.86. The minimum atomic E-state index is 0.933. The molecule has 0 aliphatic heterocycles. The first-order valence-electron chi connectivity index (χ1n) is 7.55. The predicted molar refractivity (Wildman–Crippen MR) is 87.3 cm³/mol. The van der Waals surface area contributed by atoms with Crippen molar-refractivity contribution in [2.24, 2.45) is 0 Å². The van der Waals surface area contributed by atoms with Crippen molar-refractivity contribution in [3.8, 4) is 0 Å². The van der Waals surface area contributed by atoms with Gasteiger partial charge in [-0.1, -0.05) is 19.1 Å². The molecule has 1 N–H and O–H groups in total. The number of nitrogens with zero attached hydrogens (tertiary/aromatic N) is 2. The maximum atomic E-state index is 4.07. The van der Waals surface area contributed by atoms with E-state index in [1.807, 2.05) is 12.4 Å².